The lowest BCUT2D eigenvalue weighted by Crippen LogP contribution is -2.25. The van der Waals surface area contributed by atoms with Crippen molar-refractivity contribution in [1.82, 2.24) is 0 Å². The monoisotopic (exact) mass is 292 g/mol. The van der Waals surface area contributed by atoms with E-state index < -0.39 is 0 Å². The van der Waals surface area contributed by atoms with Gasteiger partial charge in [-0.25, -0.2) is 0 Å². The largest absolute Gasteiger partial charge is 0.120 e. The number of hydrogen-bond donors (Lipinski definition) is 0. The first-order chi connectivity index (χ1) is 10.3. The maximum Gasteiger partial charge on any atom is 0.0292 e. The Kier molecular flexibility index (Phi) is 6.15. The molecule has 0 nitrogen and oxygen atoms in total. The zero-order valence-electron chi connectivity index (χ0n) is 14.2. The van der Waals surface area contributed by atoms with Gasteiger partial charge in [-0.1, -0.05) is 31.9 Å². The Hall–Kier alpha value is -1.84. The van der Waals surface area contributed by atoms with E-state index in [-0.39, 0.29) is 10.8 Å². The number of hydrogen-bond acceptors (Lipinski definition) is 0. The van der Waals surface area contributed by atoms with Gasteiger partial charge in [-0.3, -0.25) is 0 Å². The van der Waals surface area contributed by atoms with E-state index in [1.54, 1.807) is 0 Å². The van der Waals surface area contributed by atoms with Gasteiger partial charge < -0.3 is 0 Å². The molecule has 22 heavy (non-hydrogen) atoms. The van der Waals surface area contributed by atoms with Gasteiger partial charge in [-0.05, 0) is 74.3 Å². The fourth-order valence-corrected chi connectivity index (χ4v) is 3.85. The zero-order valence-corrected chi connectivity index (χ0v) is 14.2. The van der Waals surface area contributed by atoms with Gasteiger partial charge >= 0.3 is 0 Å². The zero-order chi connectivity index (χ0) is 16.8. The molecule has 0 aliphatic heterocycles. The van der Waals surface area contributed by atoms with Crippen LogP contribution in [0.15, 0.2) is 24.3 Å². The molecular weight excluding hydrogens is 264 g/mol. The maximum atomic E-state index is 5.84. The van der Waals surface area contributed by atoms with Gasteiger partial charge in [-0.15, -0.1) is 25.2 Å². The van der Waals surface area contributed by atoms with E-state index in [0.717, 1.165) is 36.8 Å². The standard InChI is InChI=1S/C22H28/c1-8-18(4)11-13-21(6,10-3)17-22(7)14-12-20(16-22)15-19(5)9-2/h1-3,20H,4-5,11-17H2,6-7H3. The SMILES string of the molecule is C#CC(=C)CCC(C)(C#C)CC1(C)CCC(CC(=C)C#C)C1. The summed E-state index contributed by atoms with van der Waals surface area (Å²) >= 11 is 0. The molecule has 0 heterocycles. The second kappa shape index (κ2) is 7.43. The van der Waals surface area contributed by atoms with Crippen LogP contribution >= 0.6 is 0 Å². The van der Waals surface area contributed by atoms with Crippen LogP contribution < -0.4 is 0 Å². The van der Waals surface area contributed by atoms with E-state index in [2.05, 4.69) is 44.8 Å². The number of rotatable bonds is 7. The van der Waals surface area contributed by atoms with Crippen LogP contribution in [0.1, 0.15) is 58.8 Å². The molecule has 0 saturated heterocycles. The average molecular weight is 292 g/mol. The van der Waals surface area contributed by atoms with Crippen molar-refractivity contribution in [3.05, 3.63) is 24.3 Å². The predicted octanol–water partition coefficient (Wildman–Crippen LogP) is 5.37. The van der Waals surface area contributed by atoms with Crippen LogP contribution in [-0.4, -0.2) is 0 Å². The molecule has 0 aromatic heterocycles. The first kappa shape index (κ1) is 18.2. The van der Waals surface area contributed by atoms with Crippen molar-refractivity contribution < 1.29 is 0 Å². The third-order valence-corrected chi connectivity index (χ3v) is 5.02. The molecule has 0 heteroatoms. The Morgan fingerprint density at radius 1 is 1.23 bits per heavy atom. The highest BCUT2D eigenvalue weighted by Crippen LogP contribution is 2.50. The molecule has 0 N–H and O–H groups in total. The lowest BCUT2D eigenvalue weighted by Gasteiger charge is -2.34. The van der Waals surface area contributed by atoms with Gasteiger partial charge in [0.25, 0.3) is 0 Å². The predicted molar refractivity (Wildman–Crippen MR) is 96.8 cm³/mol. The van der Waals surface area contributed by atoms with Gasteiger partial charge in [0, 0.05) is 5.41 Å². The van der Waals surface area contributed by atoms with Crippen LogP contribution in [0.5, 0.6) is 0 Å². The van der Waals surface area contributed by atoms with Crippen LogP contribution in [0.25, 0.3) is 0 Å². The Morgan fingerprint density at radius 2 is 1.86 bits per heavy atom. The van der Waals surface area contributed by atoms with Crippen molar-refractivity contribution >= 4 is 0 Å². The minimum atomic E-state index is -0.118. The van der Waals surface area contributed by atoms with Crippen LogP contribution in [0.2, 0.25) is 0 Å². The molecule has 0 aromatic rings. The summed E-state index contributed by atoms with van der Waals surface area (Å²) in [7, 11) is 0. The average Bonchev–Trinajstić information content (AvgIpc) is 2.85. The molecule has 1 fully saturated rings. The van der Waals surface area contributed by atoms with Crippen molar-refractivity contribution in [3.8, 4) is 37.0 Å². The molecule has 1 rings (SSSR count). The van der Waals surface area contributed by atoms with Crippen LogP contribution in [0.3, 0.4) is 0 Å². The summed E-state index contributed by atoms with van der Waals surface area (Å²) in [6.45, 7) is 12.4. The highest BCUT2D eigenvalue weighted by molar-refractivity contribution is 5.23. The molecule has 0 radical (unpaired) electrons. The van der Waals surface area contributed by atoms with E-state index in [4.69, 9.17) is 19.3 Å². The number of terminal acetylenes is 3. The summed E-state index contributed by atoms with van der Waals surface area (Å²) in [6.07, 6.45) is 24.0. The highest BCUT2D eigenvalue weighted by atomic mass is 14.4. The lowest BCUT2D eigenvalue weighted by molar-refractivity contribution is 0.197. The highest BCUT2D eigenvalue weighted by Gasteiger charge is 2.40. The molecule has 1 saturated carbocycles. The summed E-state index contributed by atoms with van der Waals surface area (Å²) < 4.78 is 0. The minimum absolute atomic E-state index is 0.118. The molecule has 0 amide bonds. The van der Waals surface area contributed by atoms with Gasteiger partial charge in [0.15, 0.2) is 0 Å². The second-order valence-electron chi connectivity index (χ2n) is 7.50. The Bertz CT molecular complexity index is 556. The fourth-order valence-electron chi connectivity index (χ4n) is 3.85. The third kappa shape index (κ3) is 5.17. The molecule has 0 aromatic carbocycles. The van der Waals surface area contributed by atoms with Crippen molar-refractivity contribution in [1.29, 1.82) is 0 Å². The first-order valence-corrected chi connectivity index (χ1v) is 8.02. The van der Waals surface area contributed by atoms with Crippen molar-refractivity contribution in [2.45, 2.75) is 58.8 Å². The van der Waals surface area contributed by atoms with Gasteiger partial charge in [0.05, 0.1) is 0 Å². The molecule has 116 valence electrons. The van der Waals surface area contributed by atoms with Crippen LogP contribution in [-0.2, 0) is 0 Å². The number of allylic oxidation sites excluding steroid dienone is 2. The molecule has 1 aliphatic rings. The quantitative estimate of drug-likeness (QED) is 0.553. The van der Waals surface area contributed by atoms with Crippen molar-refractivity contribution in [3.63, 3.8) is 0 Å². The van der Waals surface area contributed by atoms with Gasteiger partial charge in [0.1, 0.15) is 0 Å². The topological polar surface area (TPSA) is 0 Å². The summed E-state index contributed by atoms with van der Waals surface area (Å²) in [4.78, 5) is 0. The Balaban J connectivity index is 2.65. The summed E-state index contributed by atoms with van der Waals surface area (Å²) in [6, 6.07) is 0. The van der Waals surface area contributed by atoms with E-state index in [1.807, 2.05) is 0 Å². The van der Waals surface area contributed by atoms with E-state index in [0.29, 0.717) is 5.92 Å². The second-order valence-corrected chi connectivity index (χ2v) is 7.50. The van der Waals surface area contributed by atoms with Gasteiger partial charge in [0.2, 0.25) is 0 Å². The van der Waals surface area contributed by atoms with E-state index in [9.17, 15) is 0 Å². The molecular formula is C22H28. The van der Waals surface area contributed by atoms with Crippen molar-refractivity contribution in [2.24, 2.45) is 16.7 Å². The Morgan fingerprint density at radius 3 is 2.41 bits per heavy atom. The summed E-state index contributed by atoms with van der Waals surface area (Å²) in [5.41, 5.74) is 1.92. The molecule has 3 unspecified atom stereocenters. The fraction of sp³-hybridized carbons (Fsp3) is 0.545. The van der Waals surface area contributed by atoms with Crippen molar-refractivity contribution in [2.75, 3.05) is 0 Å². The first-order valence-electron chi connectivity index (χ1n) is 8.02. The third-order valence-electron chi connectivity index (χ3n) is 5.02. The van der Waals surface area contributed by atoms with Crippen LogP contribution in [0.4, 0.5) is 0 Å². The smallest absolute Gasteiger partial charge is 0.0292 e. The van der Waals surface area contributed by atoms with E-state index >= 15 is 0 Å². The molecule has 3 atom stereocenters. The maximum absolute atomic E-state index is 5.84. The van der Waals surface area contributed by atoms with E-state index in [1.165, 1.54) is 19.3 Å². The molecule has 0 spiro atoms. The minimum Gasteiger partial charge on any atom is -0.120 e. The lowest BCUT2D eigenvalue weighted by atomic mass is 9.69. The molecule has 1 aliphatic carbocycles. The normalized spacial score (nSPS) is 26.2. The Labute approximate surface area is 137 Å². The summed E-state index contributed by atoms with van der Waals surface area (Å²) in [5, 5.41) is 0. The van der Waals surface area contributed by atoms with Gasteiger partial charge in [-0.2, -0.15) is 0 Å². The molecule has 0 bridgehead atoms. The summed E-state index contributed by atoms with van der Waals surface area (Å²) in [5.74, 6) is 8.94. The van der Waals surface area contributed by atoms with Crippen LogP contribution in [0, 0.1) is 53.8 Å².